The molecular weight excluding hydrogens is 210 g/mol. The Hall–Kier alpha value is -2.35. The highest BCUT2D eigenvalue weighted by Gasteiger charge is 1.99. The highest BCUT2D eigenvalue weighted by molar-refractivity contribution is 5.83. The van der Waals surface area contributed by atoms with Crippen LogP contribution < -0.4 is 4.74 Å². The number of rotatable bonds is 2. The Morgan fingerprint density at radius 3 is 2.76 bits per heavy atom. The van der Waals surface area contributed by atoms with E-state index in [1.54, 1.807) is 12.4 Å². The highest BCUT2D eigenvalue weighted by Crippen LogP contribution is 2.24. The van der Waals surface area contributed by atoms with Crippen molar-refractivity contribution < 1.29 is 4.74 Å². The zero-order chi connectivity index (χ0) is 11.5. The van der Waals surface area contributed by atoms with Crippen LogP contribution in [-0.2, 0) is 0 Å². The van der Waals surface area contributed by atoms with Crippen molar-refractivity contribution in [1.82, 2.24) is 4.98 Å². The lowest BCUT2D eigenvalue weighted by Crippen LogP contribution is -1.85. The molecule has 81 valence electrons. The topological polar surface area (TPSA) is 22.1 Å². The van der Waals surface area contributed by atoms with Gasteiger partial charge in [0.1, 0.15) is 11.5 Å². The largest absolute Gasteiger partial charge is 0.455 e. The molecule has 0 amide bonds. The van der Waals surface area contributed by atoms with Gasteiger partial charge in [0.15, 0.2) is 0 Å². The maximum atomic E-state index is 5.67. The van der Waals surface area contributed by atoms with E-state index in [0.29, 0.717) is 5.75 Å². The molecule has 2 heteroatoms. The van der Waals surface area contributed by atoms with Gasteiger partial charge in [-0.2, -0.15) is 0 Å². The fourth-order valence-corrected chi connectivity index (χ4v) is 1.69. The molecule has 0 aliphatic carbocycles. The highest BCUT2D eigenvalue weighted by atomic mass is 16.5. The predicted molar refractivity (Wildman–Crippen MR) is 67.1 cm³/mol. The minimum Gasteiger partial charge on any atom is -0.455 e. The summed E-state index contributed by atoms with van der Waals surface area (Å²) in [5.41, 5.74) is 0. The Balaban J connectivity index is 1.96. The van der Waals surface area contributed by atoms with Gasteiger partial charge in [-0.1, -0.05) is 30.3 Å². The number of benzene rings is 2. The number of ether oxygens (including phenoxy) is 1. The Bertz CT molecular complexity index is 635. The number of hydrogen-bond donors (Lipinski definition) is 0. The summed E-state index contributed by atoms with van der Waals surface area (Å²) in [6.07, 6.45) is 3.40. The van der Waals surface area contributed by atoms with Crippen LogP contribution in [0.25, 0.3) is 10.8 Å². The molecule has 2 nitrogen and oxygen atoms in total. The van der Waals surface area contributed by atoms with E-state index in [4.69, 9.17) is 4.74 Å². The lowest BCUT2D eigenvalue weighted by molar-refractivity contribution is 0.480. The first-order valence-corrected chi connectivity index (χ1v) is 5.41. The van der Waals surface area contributed by atoms with Crippen molar-refractivity contribution in [2.24, 2.45) is 0 Å². The van der Waals surface area contributed by atoms with Crippen molar-refractivity contribution in [1.29, 1.82) is 0 Å². The molecule has 0 fully saturated rings. The average molecular weight is 220 g/mol. The summed E-state index contributed by atoms with van der Waals surface area (Å²) in [7, 11) is 0. The Labute approximate surface area is 99.5 Å². The third kappa shape index (κ3) is 2.11. The fourth-order valence-electron chi connectivity index (χ4n) is 1.69. The summed E-state index contributed by atoms with van der Waals surface area (Å²) in [4.78, 5) is 4.00. The van der Waals surface area contributed by atoms with Crippen molar-refractivity contribution in [2.45, 2.75) is 0 Å². The normalized spacial score (nSPS) is 10.4. The van der Waals surface area contributed by atoms with Crippen molar-refractivity contribution in [2.75, 3.05) is 0 Å². The third-order valence-electron chi connectivity index (χ3n) is 2.50. The summed E-state index contributed by atoms with van der Waals surface area (Å²) >= 11 is 0. The average Bonchev–Trinajstić information content (AvgIpc) is 2.40. The fraction of sp³-hybridized carbons (Fsp3) is 0. The number of hydrogen-bond acceptors (Lipinski definition) is 2. The van der Waals surface area contributed by atoms with E-state index in [9.17, 15) is 0 Å². The van der Waals surface area contributed by atoms with E-state index in [1.165, 1.54) is 0 Å². The molecule has 3 aromatic rings. The number of nitrogens with zero attached hydrogens (tertiary/aromatic N) is 1. The van der Waals surface area contributed by atoms with Crippen molar-refractivity contribution in [3.63, 3.8) is 0 Å². The summed E-state index contributed by atoms with van der Waals surface area (Å²) in [5, 5.41) is 2.21. The Morgan fingerprint density at radius 1 is 0.941 bits per heavy atom. The second kappa shape index (κ2) is 4.26. The first-order chi connectivity index (χ1) is 8.42. The molecule has 0 saturated carbocycles. The van der Waals surface area contributed by atoms with Gasteiger partial charge in [0.05, 0.1) is 6.20 Å². The molecule has 1 aromatic heterocycles. The molecule has 0 aliphatic rings. The van der Waals surface area contributed by atoms with Crippen molar-refractivity contribution in [3.05, 3.63) is 67.0 Å². The predicted octanol–water partition coefficient (Wildman–Crippen LogP) is 3.83. The second-order valence-corrected chi connectivity index (χ2v) is 3.70. The van der Waals surface area contributed by atoms with Crippen LogP contribution in [0.15, 0.2) is 60.9 Å². The van der Waals surface area contributed by atoms with Gasteiger partial charge in [0, 0.05) is 12.3 Å². The maximum Gasteiger partial charge on any atom is 0.145 e. The number of fused-ring (bicyclic) bond motifs is 1. The van der Waals surface area contributed by atoms with E-state index in [1.807, 2.05) is 42.5 Å². The minimum atomic E-state index is 0.705. The summed E-state index contributed by atoms with van der Waals surface area (Å²) < 4.78 is 5.67. The molecule has 0 saturated heterocycles. The zero-order valence-electron chi connectivity index (χ0n) is 9.13. The van der Waals surface area contributed by atoms with Gasteiger partial charge in [-0.3, -0.25) is 4.98 Å². The SMILES string of the molecule is [c]1c(Oc2cccnc2)ccc2ccccc12. The van der Waals surface area contributed by atoms with Crippen LogP contribution in [0, 0.1) is 6.07 Å². The van der Waals surface area contributed by atoms with E-state index in [2.05, 4.69) is 17.1 Å². The van der Waals surface area contributed by atoms with Crippen LogP contribution in [0.1, 0.15) is 0 Å². The molecule has 1 heterocycles. The maximum absolute atomic E-state index is 5.67. The van der Waals surface area contributed by atoms with E-state index >= 15 is 0 Å². The molecule has 0 bridgehead atoms. The molecule has 0 aliphatic heterocycles. The Morgan fingerprint density at radius 2 is 1.88 bits per heavy atom. The van der Waals surface area contributed by atoms with Crippen LogP contribution >= 0.6 is 0 Å². The van der Waals surface area contributed by atoms with Gasteiger partial charge in [-0.25, -0.2) is 0 Å². The molecule has 0 spiro atoms. The van der Waals surface area contributed by atoms with Crippen LogP contribution in [-0.4, -0.2) is 4.98 Å². The van der Waals surface area contributed by atoms with Crippen molar-refractivity contribution in [3.8, 4) is 11.5 Å². The second-order valence-electron chi connectivity index (χ2n) is 3.70. The molecule has 0 atom stereocenters. The number of aromatic nitrogens is 1. The molecule has 17 heavy (non-hydrogen) atoms. The first kappa shape index (κ1) is 9.85. The van der Waals surface area contributed by atoms with Gasteiger partial charge in [0.2, 0.25) is 0 Å². The standard InChI is InChI=1S/C15H10NO/c1-2-5-13-10-14(8-7-12(13)4-1)17-15-6-3-9-16-11-15/h1-9,11H. The first-order valence-electron chi connectivity index (χ1n) is 5.41. The van der Waals surface area contributed by atoms with Gasteiger partial charge >= 0.3 is 0 Å². The van der Waals surface area contributed by atoms with Crippen molar-refractivity contribution >= 4 is 10.8 Å². The summed E-state index contributed by atoms with van der Waals surface area (Å²) in [6, 6.07) is 19.0. The van der Waals surface area contributed by atoms with Crippen LogP contribution in [0.3, 0.4) is 0 Å². The van der Waals surface area contributed by atoms with Crippen LogP contribution in [0.2, 0.25) is 0 Å². The van der Waals surface area contributed by atoms with E-state index in [0.717, 1.165) is 16.5 Å². The van der Waals surface area contributed by atoms with Crippen LogP contribution in [0.4, 0.5) is 0 Å². The van der Waals surface area contributed by atoms with E-state index in [-0.39, 0.29) is 0 Å². The lowest BCUT2D eigenvalue weighted by Gasteiger charge is -2.05. The Kier molecular flexibility index (Phi) is 2.47. The molecular formula is C15H10NO. The monoisotopic (exact) mass is 220 g/mol. The van der Waals surface area contributed by atoms with Gasteiger partial charge in [-0.15, -0.1) is 0 Å². The molecule has 2 aromatic carbocycles. The molecule has 0 N–H and O–H groups in total. The van der Waals surface area contributed by atoms with Crippen LogP contribution in [0.5, 0.6) is 11.5 Å². The lowest BCUT2D eigenvalue weighted by atomic mass is 10.1. The summed E-state index contributed by atoms with van der Waals surface area (Å²) in [5.74, 6) is 1.43. The zero-order valence-corrected chi connectivity index (χ0v) is 9.13. The van der Waals surface area contributed by atoms with E-state index < -0.39 is 0 Å². The minimum absolute atomic E-state index is 0.705. The number of pyridine rings is 1. The summed E-state index contributed by atoms with van der Waals surface area (Å²) in [6.45, 7) is 0. The van der Waals surface area contributed by atoms with Gasteiger partial charge < -0.3 is 4.74 Å². The third-order valence-corrected chi connectivity index (χ3v) is 2.50. The van der Waals surface area contributed by atoms with Gasteiger partial charge in [0.25, 0.3) is 0 Å². The molecule has 1 radical (unpaired) electrons. The smallest absolute Gasteiger partial charge is 0.145 e. The quantitative estimate of drug-likeness (QED) is 0.654. The van der Waals surface area contributed by atoms with Gasteiger partial charge in [-0.05, 0) is 29.0 Å². The molecule has 3 rings (SSSR count). The molecule has 0 unspecified atom stereocenters.